The second-order valence-electron chi connectivity index (χ2n) is 7.01. The first-order valence-corrected chi connectivity index (χ1v) is 9.35. The predicted molar refractivity (Wildman–Crippen MR) is 97.1 cm³/mol. The lowest BCUT2D eigenvalue weighted by Crippen LogP contribution is -2.57. The van der Waals surface area contributed by atoms with Gasteiger partial charge in [0, 0.05) is 37.8 Å². The van der Waals surface area contributed by atoms with Gasteiger partial charge in [0.05, 0.1) is 0 Å². The minimum absolute atomic E-state index is 0.0461. The van der Waals surface area contributed by atoms with E-state index in [0.717, 1.165) is 32.5 Å². The van der Waals surface area contributed by atoms with E-state index in [1.165, 1.54) is 6.07 Å². The fourth-order valence-corrected chi connectivity index (χ4v) is 3.61. The Kier molecular flexibility index (Phi) is 6.08. The molecule has 2 fully saturated rings. The van der Waals surface area contributed by atoms with Crippen LogP contribution >= 0.6 is 0 Å². The van der Waals surface area contributed by atoms with Crippen molar-refractivity contribution in [2.75, 3.05) is 39.3 Å². The molecule has 0 radical (unpaired) electrons. The molecule has 0 saturated carbocycles. The van der Waals surface area contributed by atoms with Crippen molar-refractivity contribution in [2.24, 2.45) is 0 Å². The number of carbonyl (C=O) groups is 2. The highest BCUT2D eigenvalue weighted by molar-refractivity contribution is 5.85. The SMILES string of the molecule is CCN1CCCC(NC(=O)N2CCN(Cc3ccccc3F)C(=O)C2)C1. The number of hydrogen-bond acceptors (Lipinski definition) is 3. The Balaban J connectivity index is 1.51. The van der Waals surface area contributed by atoms with Gasteiger partial charge in [-0.15, -0.1) is 0 Å². The maximum atomic E-state index is 13.8. The van der Waals surface area contributed by atoms with Crippen LogP contribution in [0.5, 0.6) is 0 Å². The fraction of sp³-hybridized carbons (Fsp3) is 0.579. The Bertz CT molecular complexity index is 654. The number of likely N-dealkylation sites (tertiary alicyclic amines) is 1. The van der Waals surface area contributed by atoms with E-state index < -0.39 is 0 Å². The molecule has 0 spiro atoms. The minimum atomic E-state index is -0.307. The Morgan fingerprint density at radius 1 is 1.27 bits per heavy atom. The number of carbonyl (C=O) groups excluding carboxylic acids is 2. The maximum absolute atomic E-state index is 13.8. The van der Waals surface area contributed by atoms with E-state index in [4.69, 9.17) is 0 Å². The van der Waals surface area contributed by atoms with Crippen LogP contribution in [0.4, 0.5) is 9.18 Å². The van der Waals surface area contributed by atoms with Crippen molar-refractivity contribution in [3.63, 3.8) is 0 Å². The van der Waals surface area contributed by atoms with Gasteiger partial charge in [-0.3, -0.25) is 4.79 Å². The largest absolute Gasteiger partial charge is 0.335 e. The number of likely N-dealkylation sites (N-methyl/N-ethyl adjacent to an activating group) is 1. The summed E-state index contributed by atoms with van der Waals surface area (Å²) < 4.78 is 13.8. The highest BCUT2D eigenvalue weighted by atomic mass is 19.1. The number of benzene rings is 1. The van der Waals surface area contributed by atoms with E-state index in [-0.39, 0.29) is 36.9 Å². The first-order valence-electron chi connectivity index (χ1n) is 9.35. The molecular formula is C19H27FN4O2. The van der Waals surface area contributed by atoms with Gasteiger partial charge in [-0.1, -0.05) is 25.1 Å². The highest BCUT2D eigenvalue weighted by Crippen LogP contribution is 2.14. The lowest BCUT2D eigenvalue weighted by molar-refractivity contribution is -0.135. The maximum Gasteiger partial charge on any atom is 0.318 e. The molecule has 2 saturated heterocycles. The summed E-state index contributed by atoms with van der Waals surface area (Å²) in [4.78, 5) is 30.4. The van der Waals surface area contributed by atoms with Gasteiger partial charge in [0.2, 0.25) is 5.91 Å². The molecule has 1 atom stereocenters. The zero-order valence-corrected chi connectivity index (χ0v) is 15.3. The molecule has 2 aliphatic rings. The first-order chi connectivity index (χ1) is 12.6. The van der Waals surface area contributed by atoms with Crippen LogP contribution in [0.15, 0.2) is 24.3 Å². The number of piperidine rings is 1. The average Bonchev–Trinajstić information content (AvgIpc) is 2.65. The summed E-state index contributed by atoms with van der Waals surface area (Å²) in [5, 5.41) is 3.06. The molecule has 1 N–H and O–H groups in total. The van der Waals surface area contributed by atoms with Crippen molar-refractivity contribution in [3.05, 3.63) is 35.6 Å². The summed E-state index contributed by atoms with van der Waals surface area (Å²) in [6.07, 6.45) is 2.05. The van der Waals surface area contributed by atoms with Crippen LogP contribution in [0.2, 0.25) is 0 Å². The number of urea groups is 1. The normalized spacial score (nSPS) is 21.8. The average molecular weight is 362 g/mol. The predicted octanol–water partition coefficient (Wildman–Crippen LogP) is 1.66. The summed E-state index contributed by atoms with van der Waals surface area (Å²) in [5.41, 5.74) is 0.501. The summed E-state index contributed by atoms with van der Waals surface area (Å²) in [6, 6.07) is 6.44. The molecule has 2 heterocycles. The Labute approximate surface area is 153 Å². The van der Waals surface area contributed by atoms with Gasteiger partial charge < -0.3 is 20.0 Å². The molecule has 7 heteroatoms. The number of halogens is 1. The third-order valence-corrected chi connectivity index (χ3v) is 5.21. The van der Waals surface area contributed by atoms with Crippen molar-refractivity contribution in [1.29, 1.82) is 0 Å². The molecule has 1 aromatic carbocycles. The van der Waals surface area contributed by atoms with Gasteiger partial charge >= 0.3 is 6.03 Å². The number of nitrogens with one attached hydrogen (secondary N) is 1. The summed E-state index contributed by atoms with van der Waals surface area (Å²) in [6.45, 7) is 6.23. The van der Waals surface area contributed by atoms with E-state index in [1.54, 1.807) is 28.0 Å². The van der Waals surface area contributed by atoms with Gasteiger partial charge in [0.1, 0.15) is 12.4 Å². The molecule has 0 aliphatic carbocycles. The van der Waals surface area contributed by atoms with Crippen LogP contribution in [-0.2, 0) is 11.3 Å². The third-order valence-electron chi connectivity index (χ3n) is 5.21. The molecular weight excluding hydrogens is 335 g/mol. The fourth-order valence-electron chi connectivity index (χ4n) is 3.61. The smallest absolute Gasteiger partial charge is 0.318 e. The molecule has 3 amide bonds. The minimum Gasteiger partial charge on any atom is -0.335 e. The van der Waals surface area contributed by atoms with E-state index in [9.17, 15) is 14.0 Å². The van der Waals surface area contributed by atoms with Gasteiger partial charge in [-0.05, 0) is 32.0 Å². The number of rotatable bonds is 4. The molecule has 3 rings (SSSR count). The number of nitrogens with zero attached hydrogens (tertiary/aromatic N) is 3. The number of amides is 3. The van der Waals surface area contributed by atoms with Crippen molar-refractivity contribution >= 4 is 11.9 Å². The lowest BCUT2D eigenvalue weighted by atomic mass is 10.1. The molecule has 1 unspecified atom stereocenters. The Morgan fingerprint density at radius 3 is 2.81 bits per heavy atom. The van der Waals surface area contributed by atoms with Crippen molar-refractivity contribution < 1.29 is 14.0 Å². The first kappa shape index (κ1) is 18.6. The van der Waals surface area contributed by atoms with Crippen LogP contribution < -0.4 is 5.32 Å². The topological polar surface area (TPSA) is 55.9 Å². The number of hydrogen-bond donors (Lipinski definition) is 1. The van der Waals surface area contributed by atoms with Crippen LogP contribution in [0.1, 0.15) is 25.3 Å². The zero-order chi connectivity index (χ0) is 18.5. The molecule has 142 valence electrons. The molecule has 0 aromatic heterocycles. The van der Waals surface area contributed by atoms with E-state index in [0.29, 0.717) is 18.7 Å². The monoisotopic (exact) mass is 362 g/mol. The number of piperazine rings is 1. The molecule has 2 aliphatic heterocycles. The van der Waals surface area contributed by atoms with Crippen molar-refractivity contribution in [2.45, 2.75) is 32.4 Å². The van der Waals surface area contributed by atoms with Gasteiger partial charge in [0.15, 0.2) is 0 Å². The lowest BCUT2D eigenvalue weighted by Gasteiger charge is -2.37. The van der Waals surface area contributed by atoms with Crippen molar-refractivity contribution in [3.8, 4) is 0 Å². The Hall–Kier alpha value is -2.15. The van der Waals surface area contributed by atoms with Gasteiger partial charge in [0.25, 0.3) is 0 Å². The van der Waals surface area contributed by atoms with Crippen LogP contribution in [-0.4, -0.2) is 71.9 Å². The molecule has 6 nitrogen and oxygen atoms in total. The molecule has 1 aromatic rings. The Morgan fingerprint density at radius 2 is 2.08 bits per heavy atom. The second kappa shape index (κ2) is 8.49. The van der Waals surface area contributed by atoms with Crippen LogP contribution in [0.25, 0.3) is 0 Å². The third kappa shape index (κ3) is 4.52. The van der Waals surface area contributed by atoms with Crippen LogP contribution in [0.3, 0.4) is 0 Å². The summed E-state index contributed by atoms with van der Waals surface area (Å²) in [5.74, 6) is -0.452. The summed E-state index contributed by atoms with van der Waals surface area (Å²) in [7, 11) is 0. The molecule has 26 heavy (non-hydrogen) atoms. The van der Waals surface area contributed by atoms with Crippen molar-refractivity contribution in [1.82, 2.24) is 20.0 Å². The van der Waals surface area contributed by atoms with E-state index in [2.05, 4.69) is 17.1 Å². The second-order valence-corrected chi connectivity index (χ2v) is 7.01. The zero-order valence-electron chi connectivity index (χ0n) is 15.3. The highest BCUT2D eigenvalue weighted by Gasteiger charge is 2.29. The van der Waals surface area contributed by atoms with Gasteiger partial charge in [-0.2, -0.15) is 0 Å². The van der Waals surface area contributed by atoms with Gasteiger partial charge in [-0.25, -0.2) is 9.18 Å². The van der Waals surface area contributed by atoms with Crippen LogP contribution in [0, 0.1) is 5.82 Å². The quantitative estimate of drug-likeness (QED) is 0.886. The van der Waals surface area contributed by atoms with E-state index in [1.807, 2.05) is 0 Å². The standard InChI is InChI=1S/C19H27FN4O2/c1-2-22-9-5-7-16(13-22)21-19(26)24-11-10-23(18(25)14-24)12-15-6-3-4-8-17(15)20/h3-4,6,8,16H,2,5,7,9-14H2,1H3,(H,21,26). The summed E-state index contributed by atoms with van der Waals surface area (Å²) >= 11 is 0. The molecule has 0 bridgehead atoms. The van der Waals surface area contributed by atoms with E-state index >= 15 is 0 Å².